The third kappa shape index (κ3) is 6.67. The first-order valence-electron chi connectivity index (χ1n) is 9.20. The number of amides is 1. The van der Waals surface area contributed by atoms with Crippen molar-refractivity contribution in [3.05, 3.63) is 92.9 Å². The van der Waals surface area contributed by atoms with Gasteiger partial charge in [-0.05, 0) is 49.4 Å². The molecule has 0 aliphatic heterocycles. The van der Waals surface area contributed by atoms with Gasteiger partial charge in [0.1, 0.15) is 11.5 Å². The summed E-state index contributed by atoms with van der Waals surface area (Å²) in [5, 5.41) is 4.33. The topological polar surface area (TPSA) is 77.0 Å². The van der Waals surface area contributed by atoms with Crippen LogP contribution in [0, 0.1) is 6.92 Å². The van der Waals surface area contributed by atoms with E-state index in [0.717, 1.165) is 10.0 Å². The van der Waals surface area contributed by atoms with Crippen molar-refractivity contribution in [2.24, 2.45) is 5.10 Å². The summed E-state index contributed by atoms with van der Waals surface area (Å²) < 4.78 is 11.6. The Hall–Kier alpha value is -3.16. The van der Waals surface area contributed by atoms with Crippen LogP contribution in [0.25, 0.3) is 0 Å². The average molecular weight is 502 g/mol. The van der Waals surface area contributed by atoms with Crippen LogP contribution in [-0.2, 0) is 4.79 Å². The molecule has 3 aromatic rings. The fraction of sp³-hybridized carbons (Fsp3) is 0.0870. The predicted molar refractivity (Wildman–Crippen MR) is 123 cm³/mol. The summed E-state index contributed by atoms with van der Waals surface area (Å²) in [6, 6.07) is 19.1. The number of hydrogen-bond donors (Lipinski definition) is 1. The summed E-state index contributed by atoms with van der Waals surface area (Å²) in [5.74, 6) is -0.247. The average Bonchev–Trinajstić information content (AvgIpc) is 2.75. The zero-order valence-electron chi connectivity index (χ0n) is 16.5. The minimum Gasteiger partial charge on any atom is -0.482 e. The monoisotopic (exact) mass is 500 g/mol. The van der Waals surface area contributed by atoms with Gasteiger partial charge in [-0.2, -0.15) is 5.10 Å². The second-order valence-electron chi connectivity index (χ2n) is 6.45. The number of halogens is 2. The van der Waals surface area contributed by atoms with Crippen LogP contribution in [-0.4, -0.2) is 24.7 Å². The van der Waals surface area contributed by atoms with Crippen molar-refractivity contribution in [2.45, 2.75) is 6.92 Å². The number of hydrazone groups is 1. The number of aryl methyl sites for hydroxylation is 1. The number of esters is 1. The molecule has 6 nitrogen and oxygen atoms in total. The van der Waals surface area contributed by atoms with Crippen molar-refractivity contribution < 1.29 is 19.1 Å². The fourth-order valence-corrected chi connectivity index (χ4v) is 3.12. The normalized spacial score (nSPS) is 10.7. The molecule has 0 saturated heterocycles. The van der Waals surface area contributed by atoms with E-state index < -0.39 is 11.9 Å². The molecule has 0 aliphatic rings. The molecule has 0 spiro atoms. The van der Waals surface area contributed by atoms with E-state index in [1.54, 1.807) is 60.7 Å². The first-order chi connectivity index (χ1) is 14.9. The van der Waals surface area contributed by atoms with E-state index >= 15 is 0 Å². The number of para-hydroxylation sites is 1. The number of ether oxygens (including phenoxy) is 2. The van der Waals surface area contributed by atoms with Gasteiger partial charge < -0.3 is 9.47 Å². The zero-order chi connectivity index (χ0) is 22.2. The SMILES string of the molecule is Cc1cccc(C(=O)Oc2ccc(Br)cc2/C=N/NC(=O)COc2ccccc2Cl)c1. The Bertz CT molecular complexity index is 1130. The van der Waals surface area contributed by atoms with Gasteiger partial charge in [0.25, 0.3) is 5.91 Å². The van der Waals surface area contributed by atoms with Gasteiger partial charge in [-0.3, -0.25) is 4.79 Å². The van der Waals surface area contributed by atoms with Crippen LogP contribution in [0.4, 0.5) is 0 Å². The van der Waals surface area contributed by atoms with Crippen LogP contribution >= 0.6 is 27.5 Å². The molecule has 1 amide bonds. The first kappa shape index (κ1) is 22.5. The van der Waals surface area contributed by atoms with E-state index in [1.807, 2.05) is 13.0 Å². The highest BCUT2D eigenvalue weighted by atomic mass is 79.9. The highest BCUT2D eigenvalue weighted by molar-refractivity contribution is 9.10. The van der Waals surface area contributed by atoms with Crippen molar-refractivity contribution in [2.75, 3.05) is 6.61 Å². The molecule has 0 radical (unpaired) electrons. The van der Waals surface area contributed by atoms with Crippen molar-refractivity contribution in [1.82, 2.24) is 5.43 Å². The van der Waals surface area contributed by atoms with Gasteiger partial charge in [0, 0.05) is 10.0 Å². The molecular weight excluding hydrogens is 484 g/mol. The first-order valence-corrected chi connectivity index (χ1v) is 10.4. The van der Waals surface area contributed by atoms with Crippen LogP contribution in [0.3, 0.4) is 0 Å². The third-order valence-electron chi connectivity index (χ3n) is 4.02. The highest BCUT2D eigenvalue weighted by Gasteiger charge is 2.12. The fourth-order valence-electron chi connectivity index (χ4n) is 2.56. The summed E-state index contributed by atoms with van der Waals surface area (Å²) in [6.45, 7) is 1.64. The molecule has 0 bridgehead atoms. The molecular formula is C23H18BrClN2O4. The van der Waals surface area contributed by atoms with E-state index in [4.69, 9.17) is 21.1 Å². The van der Waals surface area contributed by atoms with Gasteiger partial charge in [0.15, 0.2) is 6.61 Å². The molecule has 158 valence electrons. The second kappa shape index (κ2) is 10.7. The van der Waals surface area contributed by atoms with Gasteiger partial charge in [0.05, 0.1) is 16.8 Å². The van der Waals surface area contributed by atoms with E-state index in [-0.39, 0.29) is 6.61 Å². The number of carbonyl (C=O) groups excluding carboxylic acids is 2. The summed E-state index contributed by atoms with van der Waals surface area (Å²) >= 11 is 9.36. The summed E-state index contributed by atoms with van der Waals surface area (Å²) in [4.78, 5) is 24.4. The lowest BCUT2D eigenvalue weighted by Crippen LogP contribution is -2.24. The Balaban J connectivity index is 1.63. The number of nitrogens with zero attached hydrogens (tertiary/aromatic N) is 1. The Kier molecular flexibility index (Phi) is 7.81. The maximum absolute atomic E-state index is 12.5. The van der Waals surface area contributed by atoms with Crippen molar-refractivity contribution >= 4 is 45.6 Å². The summed E-state index contributed by atoms with van der Waals surface area (Å²) in [7, 11) is 0. The summed E-state index contributed by atoms with van der Waals surface area (Å²) in [6.07, 6.45) is 1.39. The van der Waals surface area contributed by atoms with Gasteiger partial charge >= 0.3 is 5.97 Å². The molecule has 1 N–H and O–H groups in total. The number of nitrogens with one attached hydrogen (secondary N) is 1. The molecule has 3 rings (SSSR count). The molecule has 0 unspecified atom stereocenters. The van der Waals surface area contributed by atoms with E-state index in [9.17, 15) is 9.59 Å². The minimum absolute atomic E-state index is 0.255. The standard InChI is InChI=1S/C23H18BrClN2O4/c1-15-5-4-6-16(11-15)23(29)31-20-10-9-18(24)12-17(20)13-26-27-22(28)14-30-21-8-3-2-7-19(21)25/h2-13H,14H2,1H3,(H,27,28)/b26-13+. The molecule has 0 heterocycles. The predicted octanol–water partition coefficient (Wildman–Crippen LogP) is 5.16. The lowest BCUT2D eigenvalue weighted by Gasteiger charge is -2.09. The van der Waals surface area contributed by atoms with Crippen molar-refractivity contribution in [1.29, 1.82) is 0 Å². The Morgan fingerprint density at radius 1 is 1.06 bits per heavy atom. The Morgan fingerprint density at radius 3 is 2.65 bits per heavy atom. The molecule has 0 saturated carbocycles. The lowest BCUT2D eigenvalue weighted by atomic mass is 10.1. The molecule has 0 aliphatic carbocycles. The van der Waals surface area contributed by atoms with E-state index in [1.165, 1.54) is 6.21 Å². The number of carbonyl (C=O) groups is 2. The molecule has 8 heteroatoms. The van der Waals surface area contributed by atoms with E-state index in [0.29, 0.717) is 27.6 Å². The lowest BCUT2D eigenvalue weighted by molar-refractivity contribution is -0.123. The largest absolute Gasteiger partial charge is 0.482 e. The molecule has 3 aromatic carbocycles. The zero-order valence-corrected chi connectivity index (χ0v) is 18.8. The number of rotatable bonds is 7. The quantitative estimate of drug-likeness (QED) is 0.210. The van der Waals surface area contributed by atoms with Gasteiger partial charge in [-0.15, -0.1) is 0 Å². The molecule has 31 heavy (non-hydrogen) atoms. The Labute approximate surface area is 193 Å². The minimum atomic E-state index is -0.488. The number of hydrogen-bond acceptors (Lipinski definition) is 5. The van der Waals surface area contributed by atoms with Crippen LogP contribution in [0.15, 0.2) is 76.3 Å². The van der Waals surface area contributed by atoms with Crippen LogP contribution in [0.5, 0.6) is 11.5 Å². The smallest absolute Gasteiger partial charge is 0.343 e. The van der Waals surface area contributed by atoms with Crippen LogP contribution in [0.2, 0.25) is 5.02 Å². The molecule has 0 fully saturated rings. The van der Waals surface area contributed by atoms with Gasteiger partial charge in [0.2, 0.25) is 0 Å². The summed E-state index contributed by atoms with van der Waals surface area (Å²) in [5.41, 5.74) is 4.26. The molecule has 0 atom stereocenters. The van der Waals surface area contributed by atoms with E-state index in [2.05, 4.69) is 26.5 Å². The van der Waals surface area contributed by atoms with Crippen LogP contribution < -0.4 is 14.9 Å². The Morgan fingerprint density at radius 2 is 1.87 bits per heavy atom. The second-order valence-corrected chi connectivity index (χ2v) is 7.78. The molecule has 0 aromatic heterocycles. The van der Waals surface area contributed by atoms with Crippen molar-refractivity contribution in [3.63, 3.8) is 0 Å². The van der Waals surface area contributed by atoms with Gasteiger partial charge in [-0.25, -0.2) is 10.2 Å². The van der Waals surface area contributed by atoms with Crippen molar-refractivity contribution in [3.8, 4) is 11.5 Å². The number of benzene rings is 3. The maximum atomic E-state index is 12.5. The highest BCUT2D eigenvalue weighted by Crippen LogP contribution is 2.24. The van der Waals surface area contributed by atoms with Crippen LogP contribution in [0.1, 0.15) is 21.5 Å². The maximum Gasteiger partial charge on any atom is 0.343 e. The van der Waals surface area contributed by atoms with Gasteiger partial charge in [-0.1, -0.05) is 57.4 Å². The third-order valence-corrected chi connectivity index (χ3v) is 4.82.